The van der Waals surface area contributed by atoms with E-state index in [1.54, 1.807) is 6.92 Å². The van der Waals surface area contributed by atoms with E-state index in [9.17, 15) is 4.79 Å². The number of para-hydroxylation sites is 1. The summed E-state index contributed by atoms with van der Waals surface area (Å²) in [6, 6.07) is 7.80. The number of rotatable bonds is 2. The highest BCUT2D eigenvalue weighted by Gasteiger charge is 2.23. The van der Waals surface area contributed by atoms with Gasteiger partial charge in [-0.05, 0) is 25.0 Å². The van der Waals surface area contributed by atoms with Crippen LogP contribution in [0.25, 0.3) is 0 Å². The number of nitrogens with one attached hydrogen (secondary N) is 1. The number of aromatic nitrogens is 2. The molecule has 0 atom stereocenters. The van der Waals surface area contributed by atoms with Gasteiger partial charge in [0.1, 0.15) is 16.8 Å². The van der Waals surface area contributed by atoms with Crippen molar-refractivity contribution in [2.45, 2.75) is 26.8 Å². The SMILES string of the molecule is CCc1c(Cl)nc(C)nc1N1CC(=O)Nc2ccccc2C1. The Morgan fingerprint density at radius 1 is 1.27 bits per heavy atom. The quantitative estimate of drug-likeness (QED) is 0.865. The second kappa shape index (κ2) is 5.93. The Balaban J connectivity index is 2.07. The summed E-state index contributed by atoms with van der Waals surface area (Å²) in [5, 5.41) is 3.39. The van der Waals surface area contributed by atoms with Crippen LogP contribution in [0.15, 0.2) is 24.3 Å². The van der Waals surface area contributed by atoms with Crippen molar-refractivity contribution in [3.05, 3.63) is 46.4 Å². The first kappa shape index (κ1) is 14.8. The van der Waals surface area contributed by atoms with E-state index in [0.29, 0.717) is 23.9 Å². The molecule has 2 aromatic rings. The fourth-order valence-electron chi connectivity index (χ4n) is 2.67. The molecule has 2 heterocycles. The molecule has 0 saturated carbocycles. The summed E-state index contributed by atoms with van der Waals surface area (Å²) in [5.74, 6) is 1.29. The van der Waals surface area contributed by atoms with Crippen LogP contribution in [0.3, 0.4) is 0 Å². The molecule has 0 radical (unpaired) electrons. The molecule has 1 amide bonds. The molecule has 22 heavy (non-hydrogen) atoms. The lowest BCUT2D eigenvalue weighted by Gasteiger charge is -2.23. The molecular weight excluding hydrogens is 300 g/mol. The van der Waals surface area contributed by atoms with Crippen LogP contribution in [0.5, 0.6) is 0 Å². The standard InChI is InChI=1S/C16H17ClN4O/c1-3-12-15(17)18-10(2)19-16(12)21-8-11-6-4-5-7-13(11)20-14(22)9-21/h4-7H,3,8-9H2,1-2H3,(H,20,22). The topological polar surface area (TPSA) is 58.1 Å². The Labute approximate surface area is 134 Å². The van der Waals surface area contributed by atoms with Gasteiger partial charge in [-0.1, -0.05) is 36.7 Å². The summed E-state index contributed by atoms with van der Waals surface area (Å²) < 4.78 is 0. The van der Waals surface area contributed by atoms with Crippen LogP contribution in [-0.4, -0.2) is 22.4 Å². The van der Waals surface area contributed by atoms with Crippen molar-refractivity contribution in [1.29, 1.82) is 0 Å². The molecule has 5 nitrogen and oxygen atoms in total. The zero-order chi connectivity index (χ0) is 15.7. The number of hydrogen-bond acceptors (Lipinski definition) is 4. The van der Waals surface area contributed by atoms with Crippen LogP contribution in [0.2, 0.25) is 5.15 Å². The number of hydrogen-bond donors (Lipinski definition) is 1. The van der Waals surface area contributed by atoms with Crippen LogP contribution >= 0.6 is 11.6 Å². The average Bonchev–Trinajstić information content (AvgIpc) is 2.64. The van der Waals surface area contributed by atoms with Crippen molar-refractivity contribution < 1.29 is 4.79 Å². The maximum Gasteiger partial charge on any atom is 0.243 e. The van der Waals surface area contributed by atoms with Gasteiger partial charge in [0.15, 0.2) is 0 Å². The molecule has 0 bridgehead atoms. The molecule has 1 aliphatic rings. The summed E-state index contributed by atoms with van der Waals surface area (Å²) in [5.41, 5.74) is 2.78. The molecule has 6 heteroatoms. The number of aryl methyl sites for hydroxylation is 1. The van der Waals surface area contributed by atoms with Gasteiger partial charge in [-0.2, -0.15) is 0 Å². The molecule has 1 aromatic heterocycles. The number of amides is 1. The van der Waals surface area contributed by atoms with Crippen LogP contribution in [-0.2, 0) is 17.8 Å². The molecule has 0 saturated heterocycles. The van der Waals surface area contributed by atoms with Gasteiger partial charge >= 0.3 is 0 Å². The minimum Gasteiger partial charge on any atom is -0.343 e. The highest BCUT2D eigenvalue weighted by molar-refractivity contribution is 6.30. The third-order valence-electron chi connectivity index (χ3n) is 3.69. The molecule has 3 rings (SSSR count). The number of halogens is 1. The van der Waals surface area contributed by atoms with Gasteiger partial charge < -0.3 is 10.2 Å². The molecule has 1 aromatic carbocycles. The Morgan fingerprint density at radius 2 is 2.05 bits per heavy atom. The van der Waals surface area contributed by atoms with Gasteiger partial charge in [0.05, 0.1) is 6.54 Å². The fourth-order valence-corrected chi connectivity index (χ4v) is 3.01. The van der Waals surface area contributed by atoms with Crippen molar-refractivity contribution >= 4 is 29.0 Å². The molecule has 114 valence electrons. The summed E-state index contributed by atoms with van der Waals surface area (Å²) in [6.45, 7) is 4.67. The number of anilines is 2. The summed E-state index contributed by atoms with van der Waals surface area (Å²) in [7, 11) is 0. The summed E-state index contributed by atoms with van der Waals surface area (Å²) in [6.07, 6.45) is 0.716. The molecular formula is C16H17ClN4O. The van der Waals surface area contributed by atoms with Crippen LogP contribution in [0, 0.1) is 6.92 Å². The molecule has 0 aliphatic carbocycles. The predicted molar refractivity (Wildman–Crippen MR) is 87.3 cm³/mol. The molecule has 0 fully saturated rings. The first-order chi connectivity index (χ1) is 10.6. The summed E-state index contributed by atoms with van der Waals surface area (Å²) >= 11 is 6.25. The van der Waals surface area contributed by atoms with E-state index in [-0.39, 0.29) is 12.5 Å². The van der Waals surface area contributed by atoms with E-state index in [1.807, 2.05) is 36.1 Å². The highest BCUT2D eigenvalue weighted by Crippen LogP contribution is 2.29. The summed E-state index contributed by atoms with van der Waals surface area (Å²) in [4.78, 5) is 22.9. The molecule has 0 unspecified atom stereocenters. The fraction of sp³-hybridized carbons (Fsp3) is 0.312. The first-order valence-electron chi connectivity index (χ1n) is 7.24. The van der Waals surface area contributed by atoms with Gasteiger partial charge in [-0.25, -0.2) is 9.97 Å². The second-order valence-electron chi connectivity index (χ2n) is 5.28. The number of fused-ring (bicyclic) bond motifs is 1. The van der Waals surface area contributed by atoms with E-state index in [0.717, 1.165) is 22.6 Å². The zero-order valence-electron chi connectivity index (χ0n) is 12.6. The lowest BCUT2D eigenvalue weighted by Crippen LogP contribution is -2.31. The predicted octanol–water partition coefficient (Wildman–Crippen LogP) is 2.96. The Hall–Kier alpha value is -2.14. The Kier molecular flexibility index (Phi) is 3.98. The van der Waals surface area contributed by atoms with E-state index in [2.05, 4.69) is 15.3 Å². The zero-order valence-corrected chi connectivity index (χ0v) is 13.3. The number of carbonyl (C=O) groups excluding carboxylic acids is 1. The van der Waals surface area contributed by atoms with Gasteiger partial charge in [0.2, 0.25) is 5.91 Å². The minimum atomic E-state index is -0.0561. The third-order valence-corrected chi connectivity index (χ3v) is 4.00. The van der Waals surface area contributed by atoms with E-state index in [1.165, 1.54) is 0 Å². The van der Waals surface area contributed by atoms with Crippen molar-refractivity contribution in [3.8, 4) is 0 Å². The maximum atomic E-state index is 12.2. The third kappa shape index (κ3) is 2.76. The number of carbonyl (C=O) groups is 1. The van der Waals surface area contributed by atoms with Crippen molar-refractivity contribution in [2.24, 2.45) is 0 Å². The van der Waals surface area contributed by atoms with E-state index >= 15 is 0 Å². The average molecular weight is 317 g/mol. The lowest BCUT2D eigenvalue weighted by molar-refractivity contribution is -0.114. The largest absolute Gasteiger partial charge is 0.343 e. The smallest absolute Gasteiger partial charge is 0.243 e. The maximum absolute atomic E-state index is 12.2. The number of benzene rings is 1. The van der Waals surface area contributed by atoms with Crippen molar-refractivity contribution in [1.82, 2.24) is 9.97 Å². The van der Waals surface area contributed by atoms with Crippen LogP contribution in [0.1, 0.15) is 23.9 Å². The number of nitrogens with zero attached hydrogens (tertiary/aromatic N) is 3. The van der Waals surface area contributed by atoms with E-state index < -0.39 is 0 Å². The normalized spacial score (nSPS) is 14.3. The lowest BCUT2D eigenvalue weighted by atomic mass is 10.1. The minimum absolute atomic E-state index is 0.0561. The van der Waals surface area contributed by atoms with E-state index in [4.69, 9.17) is 11.6 Å². The molecule has 1 aliphatic heterocycles. The highest BCUT2D eigenvalue weighted by atomic mass is 35.5. The Bertz CT molecular complexity index is 732. The first-order valence-corrected chi connectivity index (χ1v) is 7.62. The van der Waals surface area contributed by atoms with Gasteiger partial charge in [-0.3, -0.25) is 4.79 Å². The Morgan fingerprint density at radius 3 is 2.82 bits per heavy atom. The van der Waals surface area contributed by atoms with Crippen LogP contribution in [0.4, 0.5) is 11.5 Å². The van der Waals surface area contributed by atoms with Crippen LogP contribution < -0.4 is 10.2 Å². The van der Waals surface area contributed by atoms with Crippen molar-refractivity contribution in [2.75, 3.05) is 16.8 Å². The molecule has 0 spiro atoms. The monoisotopic (exact) mass is 316 g/mol. The second-order valence-corrected chi connectivity index (χ2v) is 5.64. The van der Waals surface area contributed by atoms with Gasteiger partial charge in [0, 0.05) is 17.8 Å². The van der Waals surface area contributed by atoms with Gasteiger partial charge in [0.25, 0.3) is 0 Å². The van der Waals surface area contributed by atoms with Gasteiger partial charge in [-0.15, -0.1) is 0 Å². The van der Waals surface area contributed by atoms with Crippen molar-refractivity contribution in [3.63, 3.8) is 0 Å². The molecule has 1 N–H and O–H groups in total.